The summed E-state index contributed by atoms with van der Waals surface area (Å²) < 4.78 is 6.81. The van der Waals surface area contributed by atoms with Gasteiger partial charge in [-0.1, -0.05) is 182 Å². The van der Waals surface area contributed by atoms with E-state index in [2.05, 4.69) is 152 Å². The molecule has 2 heterocycles. The van der Waals surface area contributed by atoms with Gasteiger partial charge in [-0.3, -0.25) is 0 Å². The van der Waals surface area contributed by atoms with Gasteiger partial charge >= 0.3 is 0 Å². The quantitative estimate of drug-likeness (QED) is 0.175. The van der Waals surface area contributed by atoms with Gasteiger partial charge in [0.2, 0.25) is 0 Å². The van der Waals surface area contributed by atoms with Gasteiger partial charge in [0.25, 0.3) is 0 Å². The predicted molar refractivity (Wildman–Crippen MR) is 215 cm³/mol. The molecule has 4 nitrogen and oxygen atoms in total. The van der Waals surface area contributed by atoms with Gasteiger partial charge in [0, 0.05) is 27.8 Å². The van der Waals surface area contributed by atoms with Crippen LogP contribution in [0.1, 0.15) is 17.3 Å². The molecular formula is C49H33N3O. The summed E-state index contributed by atoms with van der Waals surface area (Å²) in [5, 5.41) is 2.49. The van der Waals surface area contributed by atoms with Crippen LogP contribution in [0.5, 0.6) is 5.75 Å². The molecule has 8 aromatic rings. The molecule has 0 saturated carbocycles. The predicted octanol–water partition coefficient (Wildman–Crippen LogP) is 11.9. The molecular weight excluding hydrogens is 647 g/mol. The van der Waals surface area contributed by atoms with Gasteiger partial charge in [0.1, 0.15) is 11.9 Å². The van der Waals surface area contributed by atoms with Crippen LogP contribution in [0.25, 0.3) is 72.5 Å². The van der Waals surface area contributed by atoms with Crippen LogP contribution >= 0.6 is 0 Å². The van der Waals surface area contributed by atoms with E-state index in [0.29, 0.717) is 17.5 Å². The molecule has 0 spiro atoms. The number of nitrogens with zero attached hydrogens (tertiary/aromatic N) is 3. The van der Waals surface area contributed by atoms with Gasteiger partial charge in [-0.25, -0.2) is 15.0 Å². The van der Waals surface area contributed by atoms with E-state index in [1.54, 1.807) is 0 Å². The van der Waals surface area contributed by atoms with Crippen LogP contribution in [0, 0.1) is 0 Å². The molecule has 250 valence electrons. The van der Waals surface area contributed by atoms with Crippen LogP contribution in [0.4, 0.5) is 0 Å². The number of aromatic nitrogens is 3. The fourth-order valence-electron chi connectivity index (χ4n) is 7.72. The first-order valence-electron chi connectivity index (χ1n) is 18.0. The average molecular weight is 680 g/mol. The molecule has 2 atom stereocenters. The zero-order chi connectivity index (χ0) is 35.1. The lowest BCUT2D eigenvalue weighted by Gasteiger charge is -2.22. The number of ether oxygens (including phenoxy) is 1. The summed E-state index contributed by atoms with van der Waals surface area (Å²) >= 11 is 0. The molecule has 0 radical (unpaired) electrons. The second-order valence-electron chi connectivity index (χ2n) is 13.5. The van der Waals surface area contributed by atoms with Crippen molar-refractivity contribution in [2.24, 2.45) is 0 Å². The SMILES string of the molecule is C1=CC2Oc3c(-c4ccc(-c5cccc6ccccc56)cc4)cccc3C2C(c2nc(-c3ccccc3)nc(-c3ccc(-c4ccccc4)cc3)n2)=C1. The van der Waals surface area contributed by atoms with Gasteiger partial charge in [-0.05, 0) is 44.7 Å². The number of hydrogen-bond donors (Lipinski definition) is 0. The zero-order valence-corrected chi connectivity index (χ0v) is 28.8. The summed E-state index contributed by atoms with van der Waals surface area (Å²) in [7, 11) is 0. The minimum absolute atomic E-state index is 0.0655. The third-order valence-corrected chi connectivity index (χ3v) is 10.3. The highest BCUT2D eigenvalue weighted by molar-refractivity contribution is 5.97. The summed E-state index contributed by atoms with van der Waals surface area (Å²) in [6.45, 7) is 0. The largest absolute Gasteiger partial charge is 0.484 e. The van der Waals surface area contributed by atoms with Crippen molar-refractivity contribution in [2.75, 3.05) is 0 Å². The van der Waals surface area contributed by atoms with Crippen LogP contribution in [-0.2, 0) is 0 Å². The molecule has 2 aliphatic rings. The van der Waals surface area contributed by atoms with Crippen molar-refractivity contribution in [1.82, 2.24) is 15.0 Å². The Bertz CT molecular complexity index is 2680. The van der Waals surface area contributed by atoms with E-state index in [0.717, 1.165) is 44.7 Å². The molecule has 53 heavy (non-hydrogen) atoms. The van der Waals surface area contributed by atoms with E-state index in [1.165, 1.54) is 27.5 Å². The number of para-hydroxylation sites is 1. The fourth-order valence-corrected chi connectivity index (χ4v) is 7.72. The normalized spacial score (nSPS) is 15.7. The lowest BCUT2D eigenvalue weighted by atomic mass is 9.83. The zero-order valence-electron chi connectivity index (χ0n) is 28.8. The van der Waals surface area contributed by atoms with Gasteiger partial charge in [0.05, 0.1) is 5.92 Å². The molecule has 10 rings (SSSR count). The standard InChI is InChI=1S/C49H33N3O/c1-3-12-32(13-4-1)33-24-30-38(31-25-33)48-50-47(37-15-5-2-6-16-37)51-49(52-48)43-22-11-23-44-45(43)42-21-10-20-41(46(42)53-44)36-28-26-35(27-29-36)40-19-9-17-34-14-7-8-18-39(34)40/h1-31,44-45H. The lowest BCUT2D eigenvalue weighted by molar-refractivity contribution is 0.272. The van der Waals surface area contributed by atoms with Gasteiger partial charge in [0.15, 0.2) is 17.5 Å². The Hall–Kier alpha value is -6.91. The Morgan fingerprint density at radius 3 is 1.70 bits per heavy atom. The van der Waals surface area contributed by atoms with Crippen molar-refractivity contribution in [3.8, 4) is 61.9 Å². The first-order chi connectivity index (χ1) is 26.3. The monoisotopic (exact) mass is 679 g/mol. The molecule has 1 aliphatic carbocycles. The van der Waals surface area contributed by atoms with E-state index >= 15 is 0 Å². The topological polar surface area (TPSA) is 47.9 Å². The molecule has 0 amide bonds. The number of benzene rings is 7. The number of allylic oxidation sites excluding steroid dienone is 2. The van der Waals surface area contributed by atoms with Crippen LogP contribution < -0.4 is 4.74 Å². The van der Waals surface area contributed by atoms with Crippen molar-refractivity contribution in [2.45, 2.75) is 12.0 Å². The minimum Gasteiger partial charge on any atom is -0.484 e. The highest BCUT2D eigenvalue weighted by Gasteiger charge is 2.39. The first kappa shape index (κ1) is 30.9. The van der Waals surface area contributed by atoms with Crippen molar-refractivity contribution in [1.29, 1.82) is 0 Å². The second-order valence-corrected chi connectivity index (χ2v) is 13.5. The third-order valence-electron chi connectivity index (χ3n) is 10.3. The molecule has 0 fully saturated rings. The fraction of sp³-hybridized carbons (Fsp3) is 0.0408. The number of rotatable bonds is 6. The summed E-state index contributed by atoms with van der Waals surface area (Å²) in [5.41, 5.74) is 11.0. The van der Waals surface area contributed by atoms with Crippen molar-refractivity contribution in [3.05, 3.63) is 199 Å². The number of hydrogen-bond acceptors (Lipinski definition) is 4. The number of fused-ring (bicyclic) bond motifs is 4. The molecule has 1 aliphatic heterocycles. The highest BCUT2D eigenvalue weighted by Crippen LogP contribution is 2.51. The first-order valence-corrected chi connectivity index (χ1v) is 18.0. The van der Waals surface area contributed by atoms with Gasteiger partial charge in [-0.2, -0.15) is 0 Å². The smallest absolute Gasteiger partial charge is 0.164 e. The molecule has 1 aromatic heterocycles. The Balaban J connectivity index is 1.03. The lowest BCUT2D eigenvalue weighted by Crippen LogP contribution is -2.20. The van der Waals surface area contributed by atoms with Crippen molar-refractivity contribution in [3.63, 3.8) is 0 Å². The van der Waals surface area contributed by atoms with E-state index in [4.69, 9.17) is 19.7 Å². The maximum absolute atomic E-state index is 6.81. The van der Waals surface area contributed by atoms with E-state index < -0.39 is 0 Å². The summed E-state index contributed by atoms with van der Waals surface area (Å²) in [6, 6.07) is 59.3. The van der Waals surface area contributed by atoms with Crippen LogP contribution in [0.3, 0.4) is 0 Å². The Morgan fingerprint density at radius 1 is 0.415 bits per heavy atom. The second kappa shape index (κ2) is 13.0. The minimum atomic E-state index is -0.174. The highest BCUT2D eigenvalue weighted by atomic mass is 16.5. The maximum atomic E-state index is 6.81. The molecule has 0 N–H and O–H groups in total. The summed E-state index contributed by atoms with van der Waals surface area (Å²) in [4.78, 5) is 15.3. The summed E-state index contributed by atoms with van der Waals surface area (Å²) in [5.74, 6) is 2.78. The average Bonchev–Trinajstić information content (AvgIpc) is 3.63. The van der Waals surface area contributed by atoms with Crippen molar-refractivity contribution >= 4 is 16.3 Å². The van der Waals surface area contributed by atoms with Gasteiger partial charge in [-0.15, -0.1) is 0 Å². The van der Waals surface area contributed by atoms with Crippen LogP contribution in [0.2, 0.25) is 0 Å². The molecule has 0 bridgehead atoms. The van der Waals surface area contributed by atoms with E-state index in [9.17, 15) is 0 Å². The third kappa shape index (κ3) is 5.62. The molecule has 4 heteroatoms. The van der Waals surface area contributed by atoms with Crippen LogP contribution in [-0.4, -0.2) is 21.1 Å². The Labute approximate surface area is 308 Å². The Kier molecular flexibility index (Phi) is 7.58. The van der Waals surface area contributed by atoms with Crippen molar-refractivity contribution < 1.29 is 4.74 Å². The van der Waals surface area contributed by atoms with Gasteiger partial charge < -0.3 is 4.74 Å². The summed E-state index contributed by atoms with van der Waals surface area (Å²) in [6.07, 6.45) is 6.18. The van der Waals surface area contributed by atoms with E-state index in [-0.39, 0.29) is 12.0 Å². The Morgan fingerprint density at radius 2 is 0.943 bits per heavy atom. The maximum Gasteiger partial charge on any atom is 0.164 e. The molecule has 2 unspecified atom stereocenters. The molecule has 0 saturated heterocycles. The van der Waals surface area contributed by atoms with Crippen LogP contribution in [0.15, 0.2) is 188 Å². The van der Waals surface area contributed by atoms with E-state index in [1.807, 2.05) is 36.4 Å². The molecule has 7 aromatic carbocycles.